The predicted octanol–water partition coefficient (Wildman–Crippen LogP) is 4.71. The first kappa shape index (κ1) is 13.7. The zero-order valence-corrected chi connectivity index (χ0v) is 12.5. The maximum atomic E-state index is 12.2. The highest BCUT2D eigenvalue weighted by atomic mass is 35.5. The molecule has 1 aliphatic rings. The zero-order chi connectivity index (χ0) is 13.7. The van der Waals surface area contributed by atoms with Gasteiger partial charge in [0.15, 0.2) is 0 Å². The molecular formula is C14H17Cl2NO. The Kier molecular flexibility index (Phi) is 3.37. The molecule has 1 N–H and O–H groups in total. The third-order valence-corrected chi connectivity index (χ3v) is 4.33. The Bertz CT molecular complexity index is 505. The Labute approximate surface area is 118 Å². The molecule has 0 saturated heterocycles. The summed E-state index contributed by atoms with van der Waals surface area (Å²) in [5.74, 6) is 0.0288. The lowest BCUT2D eigenvalue weighted by atomic mass is 9.72. The molecule has 0 radical (unpaired) electrons. The van der Waals surface area contributed by atoms with Crippen LogP contribution in [0.4, 0.5) is 5.69 Å². The molecule has 1 aliphatic heterocycles. The van der Waals surface area contributed by atoms with Crippen molar-refractivity contribution in [3.8, 4) is 0 Å². The van der Waals surface area contributed by atoms with Gasteiger partial charge in [-0.05, 0) is 29.0 Å². The highest BCUT2D eigenvalue weighted by molar-refractivity contribution is 6.37. The van der Waals surface area contributed by atoms with Gasteiger partial charge in [0.1, 0.15) is 0 Å². The van der Waals surface area contributed by atoms with Crippen LogP contribution in [0, 0.1) is 11.3 Å². The molecule has 2 nitrogen and oxygen atoms in total. The van der Waals surface area contributed by atoms with Gasteiger partial charge in [0.2, 0.25) is 5.91 Å². The van der Waals surface area contributed by atoms with Gasteiger partial charge < -0.3 is 5.32 Å². The third-order valence-electron chi connectivity index (χ3n) is 3.82. The summed E-state index contributed by atoms with van der Waals surface area (Å²) in [6, 6.07) is 3.50. The summed E-state index contributed by atoms with van der Waals surface area (Å²) in [6.45, 7) is 8.49. The Balaban J connectivity index is 2.51. The van der Waals surface area contributed by atoms with Crippen LogP contribution < -0.4 is 5.32 Å². The van der Waals surface area contributed by atoms with Gasteiger partial charge in [-0.15, -0.1) is 0 Å². The second-order valence-electron chi connectivity index (χ2n) is 5.97. The number of fused-ring (bicyclic) bond motifs is 1. The number of rotatable bonds is 1. The molecule has 2 atom stereocenters. The molecule has 1 amide bonds. The molecule has 0 spiro atoms. The number of carbonyl (C=O) groups excluding carboxylic acids is 1. The summed E-state index contributed by atoms with van der Waals surface area (Å²) < 4.78 is 0. The zero-order valence-electron chi connectivity index (χ0n) is 11.0. The fourth-order valence-corrected chi connectivity index (χ4v) is 2.87. The van der Waals surface area contributed by atoms with E-state index in [-0.39, 0.29) is 23.2 Å². The number of halogens is 2. The Morgan fingerprint density at radius 1 is 1.28 bits per heavy atom. The van der Waals surface area contributed by atoms with Crippen LogP contribution in [0.1, 0.15) is 39.2 Å². The molecule has 2 rings (SSSR count). The van der Waals surface area contributed by atoms with E-state index in [0.29, 0.717) is 15.7 Å². The molecule has 0 aliphatic carbocycles. The molecule has 4 heteroatoms. The van der Waals surface area contributed by atoms with Gasteiger partial charge in [0.05, 0.1) is 16.6 Å². The van der Waals surface area contributed by atoms with Crippen LogP contribution in [-0.4, -0.2) is 5.91 Å². The lowest BCUT2D eigenvalue weighted by molar-refractivity contribution is -0.118. The van der Waals surface area contributed by atoms with E-state index in [1.54, 1.807) is 6.07 Å². The molecule has 2 unspecified atom stereocenters. The number of nitrogens with one attached hydrogen (secondary N) is 1. The normalized spacial score (nSPS) is 20.6. The standard InChI is InChI=1S/C14H17Cl2NO/c1-7(14(2,3)4)11-9-5-8(15)6-10(16)12(9)17-13(11)18/h5-7,11H,1-4H3,(H,17,18). The fourth-order valence-electron chi connectivity index (χ4n) is 2.31. The van der Waals surface area contributed by atoms with Crippen LogP contribution in [0.3, 0.4) is 0 Å². The summed E-state index contributed by atoms with van der Waals surface area (Å²) in [6.07, 6.45) is 0. The number of hydrogen-bond donors (Lipinski definition) is 1. The van der Waals surface area contributed by atoms with E-state index in [9.17, 15) is 4.79 Å². The number of carbonyl (C=O) groups is 1. The average molecular weight is 286 g/mol. The van der Waals surface area contributed by atoms with Crippen molar-refractivity contribution in [2.75, 3.05) is 5.32 Å². The highest BCUT2D eigenvalue weighted by Gasteiger charge is 2.40. The van der Waals surface area contributed by atoms with Gasteiger partial charge in [0.25, 0.3) is 0 Å². The van der Waals surface area contributed by atoms with E-state index < -0.39 is 0 Å². The molecule has 0 bridgehead atoms. The fraction of sp³-hybridized carbons (Fsp3) is 0.500. The van der Waals surface area contributed by atoms with Crippen molar-refractivity contribution in [1.82, 2.24) is 0 Å². The van der Waals surface area contributed by atoms with Gasteiger partial charge in [-0.2, -0.15) is 0 Å². The lowest BCUT2D eigenvalue weighted by Crippen LogP contribution is -2.28. The second kappa shape index (κ2) is 4.43. The van der Waals surface area contributed by atoms with Crippen molar-refractivity contribution in [3.05, 3.63) is 27.7 Å². The van der Waals surface area contributed by atoms with E-state index in [0.717, 1.165) is 5.56 Å². The summed E-state index contributed by atoms with van der Waals surface area (Å²) in [4.78, 5) is 12.2. The minimum atomic E-state index is -0.184. The highest BCUT2D eigenvalue weighted by Crippen LogP contribution is 2.47. The molecule has 1 aromatic rings. The number of hydrogen-bond acceptors (Lipinski definition) is 1. The van der Waals surface area contributed by atoms with Crippen molar-refractivity contribution >= 4 is 34.8 Å². The minimum absolute atomic E-state index is 0.0107. The molecule has 1 aromatic carbocycles. The van der Waals surface area contributed by atoms with Crippen molar-refractivity contribution in [2.24, 2.45) is 11.3 Å². The molecule has 18 heavy (non-hydrogen) atoms. The lowest BCUT2D eigenvalue weighted by Gasteiger charge is -2.31. The first-order valence-electron chi connectivity index (χ1n) is 6.01. The Morgan fingerprint density at radius 2 is 1.89 bits per heavy atom. The van der Waals surface area contributed by atoms with E-state index >= 15 is 0 Å². The van der Waals surface area contributed by atoms with Crippen LogP contribution in [-0.2, 0) is 4.79 Å². The van der Waals surface area contributed by atoms with Gasteiger partial charge in [-0.1, -0.05) is 50.9 Å². The SMILES string of the molecule is CC(C1C(=O)Nc2c(Cl)cc(Cl)cc21)C(C)(C)C. The molecule has 0 fully saturated rings. The van der Waals surface area contributed by atoms with Crippen molar-refractivity contribution in [2.45, 2.75) is 33.6 Å². The molecule has 98 valence electrons. The van der Waals surface area contributed by atoms with Gasteiger partial charge >= 0.3 is 0 Å². The van der Waals surface area contributed by atoms with Crippen LogP contribution in [0.2, 0.25) is 10.0 Å². The summed E-state index contributed by atoms with van der Waals surface area (Å²) >= 11 is 12.2. The topological polar surface area (TPSA) is 29.1 Å². The monoisotopic (exact) mass is 285 g/mol. The van der Waals surface area contributed by atoms with Gasteiger partial charge in [-0.25, -0.2) is 0 Å². The number of anilines is 1. The van der Waals surface area contributed by atoms with Crippen LogP contribution in [0.25, 0.3) is 0 Å². The summed E-state index contributed by atoms with van der Waals surface area (Å²) in [7, 11) is 0. The maximum absolute atomic E-state index is 12.2. The van der Waals surface area contributed by atoms with Crippen molar-refractivity contribution in [1.29, 1.82) is 0 Å². The quantitative estimate of drug-likeness (QED) is 0.795. The van der Waals surface area contributed by atoms with Crippen LogP contribution in [0.15, 0.2) is 12.1 Å². The van der Waals surface area contributed by atoms with Crippen LogP contribution >= 0.6 is 23.2 Å². The first-order valence-corrected chi connectivity index (χ1v) is 6.77. The molecule has 1 heterocycles. The second-order valence-corrected chi connectivity index (χ2v) is 6.82. The largest absolute Gasteiger partial charge is 0.324 e. The Hall–Kier alpha value is -0.730. The van der Waals surface area contributed by atoms with Gasteiger partial charge in [0, 0.05) is 5.02 Å². The van der Waals surface area contributed by atoms with E-state index in [4.69, 9.17) is 23.2 Å². The Morgan fingerprint density at radius 3 is 2.44 bits per heavy atom. The first-order chi connectivity index (χ1) is 8.21. The smallest absolute Gasteiger partial charge is 0.232 e. The van der Waals surface area contributed by atoms with Crippen LogP contribution in [0.5, 0.6) is 0 Å². The predicted molar refractivity (Wildman–Crippen MR) is 76.5 cm³/mol. The summed E-state index contributed by atoms with van der Waals surface area (Å²) in [5.41, 5.74) is 1.67. The molecule has 0 saturated carbocycles. The van der Waals surface area contributed by atoms with E-state index in [1.807, 2.05) is 6.07 Å². The third kappa shape index (κ3) is 2.24. The van der Waals surface area contributed by atoms with Crippen molar-refractivity contribution < 1.29 is 4.79 Å². The number of amides is 1. The average Bonchev–Trinajstić information content (AvgIpc) is 2.52. The van der Waals surface area contributed by atoms with E-state index in [1.165, 1.54) is 0 Å². The van der Waals surface area contributed by atoms with E-state index in [2.05, 4.69) is 33.0 Å². The number of benzene rings is 1. The summed E-state index contributed by atoms with van der Waals surface area (Å²) in [5, 5.41) is 3.95. The molecular weight excluding hydrogens is 269 g/mol. The molecule has 0 aromatic heterocycles. The van der Waals surface area contributed by atoms with Gasteiger partial charge in [-0.3, -0.25) is 4.79 Å². The maximum Gasteiger partial charge on any atom is 0.232 e. The van der Waals surface area contributed by atoms with Crippen molar-refractivity contribution in [3.63, 3.8) is 0 Å². The minimum Gasteiger partial charge on any atom is -0.324 e.